The molecule has 0 amide bonds. The largest absolute Gasteiger partial charge is 0.468 e. The first-order valence-electron chi connectivity index (χ1n) is 11.0. The second kappa shape index (κ2) is 10.00. The van der Waals surface area contributed by atoms with Gasteiger partial charge in [0.1, 0.15) is 23.5 Å². The second-order valence-electron chi connectivity index (χ2n) is 8.50. The monoisotopic (exact) mass is 515 g/mol. The van der Waals surface area contributed by atoms with Crippen molar-refractivity contribution in [1.82, 2.24) is 14.6 Å². The maximum atomic E-state index is 13.9. The number of hydrogen-bond donors (Lipinski definition) is 0. The van der Waals surface area contributed by atoms with Crippen LogP contribution in [0.4, 0.5) is 17.6 Å². The summed E-state index contributed by atoms with van der Waals surface area (Å²) in [6, 6.07) is 11.7. The van der Waals surface area contributed by atoms with E-state index in [9.17, 15) is 27.2 Å². The lowest BCUT2D eigenvalue weighted by molar-refractivity contribution is -0.147. The molecule has 7 nitrogen and oxygen atoms in total. The van der Waals surface area contributed by atoms with Gasteiger partial charge in [0.05, 0.1) is 23.9 Å². The lowest BCUT2D eigenvalue weighted by Gasteiger charge is -2.27. The number of fused-ring (bicyclic) bond motifs is 1. The van der Waals surface area contributed by atoms with Crippen LogP contribution in [0, 0.1) is 5.82 Å². The summed E-state index contributed by atoms with van der Waals surface area (Å²) < 4.78 is 64.5. The molecular weight excluding hydrogens is 494 g/mol. The van der Waals surface area contributed by atoms with Gasteiger partial charge in [-0.15, -0.1) is 0 Å². The van der Waals surface area contributed by atoms with Crippen LogP contribution in [-0.4, -0.2) is 34.1 Å². The van der Waals surface area contributed by atoms with Crippen molar-refractivity contribution < 1.29 is 36.6 Å². The summed E-state index contributed by atoms with van der Waals surface area (Å²) in [4.78, 5) is 28.3. The van der Waals surface area contributed by atoms with Gasteiger partial charge in [0.15, 0.2) is 5.65 Å². The molecule has 0 aliphatic rings. The Hall–Kier alpha value is -4.28. The Labute approximate surface area is 208 Å². The molecule has 0 aliphatic carbocycles. The number of ether oxygens (including phenoxy) is 2. The summed E-state index contributed by atoms with van der Waals surface area (Å²) in [7, 11) is 1.23. The number of halogens is 4. The summed E-state index contributed by atoms with van der Waals surface area (Å²) >= 11 is 0. The van der Waals surface area contributed by atoms with Crippen molar-refractivity contribution in [2.24, 2.45) is 0 Å². The first-order valence-corrected chi connectivity index (χ1v) is 11.0. The number of carbonyl (C=O) groups excluding carboxylic acids is 2. The number of methoxy groups -OCH3 is 1. The van der Waals surface area contributed by atoms with Crippen molar-refractivity contribution in [2.75, 3.05) is 7.11 Å². The molecule has 37 heavy (non-hydrogen) atoms. The van der Waals surface area contributed by atoms with E-state index < -0.39 is 28.9 Å². The van der Waals surface area contributed by atoms with Crippen LogP contribution in [0.25, 0.3) is 16.8 Å². The number of carbonyl (C=O) groups is 2. The van der Waals surface area contributed by atoms with Crippen molar-refractivity contribution in [3.63, 3.8) is 0 Å². The van der Waals surface area contributed by atoms with E-state index in [0.717, 1.165) is 12.1 Å². The van der Waals surface area contributed by atoms with Crippen molar-refractivity contribution in [1.29, 1.82) is 0 Å². The maximum absolute atomic E-state index is 13.9. The highest BCUT2D eigenvalue weighted by atomic mass is 19.4. The smallest absolute Gasteiger partial charge is 0.416 e. The SMILES string of the molecule is COC(=O)[C@](C)(Cc1cccc(F)c1)c1ccnc2c(-c3ccc(C(F)(F)F)cc3)c(COC=O)nn12. The van der Waals surface area contributed by atoms with Crippen LogP contribution in [0.5, 0.6) is 0 Å². The molecule has 2 aromatic heterocycles. The van der Waals surface area contributed by atoms with Crippen LogP contribution in [0.15, 0.2) is 60.8 Å². The topological polar surface area (TPSA) is 82.8 Å². The van der Waals surface area contributed by atoms with E-state index >= 15 is 0 Å². The predicted molar refractivity (Wildman–Crippen MR) is 124 cm³/mol. The molecule has 2 aromatic carbocycles. The Morgan fingerprint density at radius 3 is 2.46 bits per heavy atom. The quantitative estimate of drug-likeness (QED) is 0.189. The predicted octanol–water partition coefficient (Wildman–Crippen LogP) is 4.90. The Morgan fingerprint density at radius 1 is 1.11 bits per heavy atom. The molecule has 4 rings (SSSR count). The van der Waals surface area contributed by atoms with Gasteiger partial charge in [-0.25, -0.2) is 13.9 Å². The van der Waals surface area contributed by atoms with E-state index in [1.807, 2.05) is 0 Å². The third-order valence-corrected chi connectivity index (χ3v) is 6.03. The zero-order valence-corrected chi connectivity index (χ0v) is 19.8. The zero-order chi connectivity index (χ0) is 26.8. The van der Waals surface area contributed by atoms with Crippen molar-refractivity contribution in [3.8, 4) is 11.1 Å². The third kappa shape index (κ3) is 5.02. The van der Waals surface area contributed by atoms with E-state index in [1.165, 1.54) is 48.2 Å². The molecule has 0 N–H and O–H groups in total. The van der Waals surface area contributed by atoms with E-state index in [4.69, 9.17) is 9.47 Å². The highest BCUT2D eigenvalue weighted by Crippen LogP contribution is 2.36. The summed E-state index contributed by atoms with van der Waals surface area (Å²) in [5, 5.41) is 4.51. The first-order chi connectivity index (χ1) is 17.6. The Kier molecular flexibility index (Phi) is 6.97. The third-order valence-electron chi connectivity index (χ3n) is 6.03. The highest BCUT2D eigenvalue weighted by molar-refractivity contribution is 5.84. The standard InChI is InChI=1S/C26H21F4N3O4/c1-25(24(35)36-2,13-16-4-3-5-19(27)12-16)21-10-11-31-23-22(20(14-37-15-34)32-33(21)23)17-6-8-18(9-7-17)26(28,29)30/h3-12,15H,13-14H2,1-2H3/t25-/m1/s1. The van der Waals surface area contributed by atoms with Gasteiger partial charge in [0, 0.05) is 6.20 Å². The molecule has 11 heteroatoms. The highest BCUT2D eigenvalue weighted by Gasteiger charge is 2.40. The van der Waals surface area contributed by atoms with Crippen LogP contribution < -0.4 is 0 Å². The summed E-state index contributed by atoms with van der Waals surface area (Å²) in [6.45, 7) is 1.54. The number of esters is 1. The van der Waals surface area contributed by atoms with Crippen LogP contribution in [0.2, 0.25) is 0 Å². The van der Waals surface area contributed by atoms with Crippen LogP contribution in [0.1, 0.15) is 29.4 Å². The van der Waals surface area contributed by atoms with E-state index in [1.54, 1.807) is 19.1 Å². The zero-order valence-electron chi connectivity index (χ0n) is 19.8. The lowest BCUT2D eigenvalue weighted by atomic mass is 9.80. The van der Waals surface area contributed by atoms with Gasteiger partial charge >= 0.3 is 12.1 Å². The molecule has 0 saturated heterocycles. The van der Waals surface area contributed by atoms with Crippen LogP contribution in [-0.2, 0) is 43.7 Å². The van der Waals surface area contributed by atoms with Gasteiger partial charge in [0.25, 0.3) is 6.47 Å². The summed E-state index contributed by atoms with van der Waals surface area (Å²) in [5.74, 6) is -1.09. The molecule has 0 aliphatic heterocycles. The van der Waals surface area contributed by atoms with Gasteiger partial charge in [0.2, 0.25) is 0 Å². The maximum Gasteiger partial charge on any atom is 0.416 e. The number of aromatic nitrogens is 3. The van der Waals surface area contributed by atoms with E-state index in [2.05, 4.69) is 10.1 Å². The Bertz CT molecular complexity index is 1450. The van der Waals surface area contributed by atoms with Gasteiger partial charge in [-0.05, 0) is 54.8 Å². The summed E-state index contributed by atoms with van der Waals surface area (Å²) in [5.41, 5.74) is -0.231. The molecular formula is C26H21F4N3O4. The van der Waals surface area contributed by atoms with E-state index in [0.29, 0.717) is 22.4 Å². The molecule has 0 saturated carbocycles. The molecule has 0 fully saturated rings. The Balaban J connectivity index is 1.92. The van der Waals surface area contributed by atoms with Crippen molar-refractivity contribution >= 4 is 18.1 Å². The van der Waals surface area contributed by atoms with Gasteiger partial charge < -0.3 is 9.47 Å². The molecule has 2 heterocycles. The fourth-order valence-electron chi connectivity index (χ4n) is 4.29. The molecule has 0 radical (unpaired) electrons. The fraction of sp³-hybridized carbons (Fsp3) is 0.231. The molecule has 0 bridgehead atoms. The number of rotatable bonds is 8. The van der Waals surface area contributed by atoms with Crippen LogP contribution >= 0.6 is 0 Å². The normalized spacial score (nSPS) is 13.2. The minimum Gasteiger partial charge on any atom is -0.468 e. The summed E-state index contributed by atoms with van der Waals surface area (Å²) in [6.07, 6.45) is -3.04. The minimum absolute atomic E-state index is 0.0478. The van der Waals surface area contributed by atoms with Gasteiger partial charge in [-0.1, -0.05) is 24.3 Å². The average molecular weight is 515 g/mol. The number of benzene rings is 2. The first kappa shape index (κ1) is 25.8. The van der Waals surface area contributed by atoms with Gasteiger partial charge in [-0.2, -0.15) is 18.3 Å². The number of hydrogen-bond acceptors (Lipinski definition) is 6. The van der Waals surface area contributed by atoms with Gasteiger partial charge in [-0.3, -0.25) is 9.59 Å². The van der Waals surface area contributed by atoms with Crippen molar-refractivity contribution in [2.45, 2.75) is 31.5 Å². The lowest BCUT2D eigenvalue weighted by Crippen LogP contribution is -2.38. The number of nitrogens with zero attached hydrogens (tertiary/aromatic N) is 3. The van der Waals surface area contributed by atoms with E-state index in [-0.39, 0.29) is 30.8 Å². The molecule has 1 atom stereocenters. The average Bonchev–Trinajstić information content (AvgIpc) is 3.24. The molecule has 4 aromatic rings. The van der Waals surface area contributed by atoms with Crippen LogP contribution in [0.3, 0.4) is 0 Å². The molecule has 192 valence electrons. The molecule has 0 unspecified atom stereocenters. The fourth-order valence-corrected chi connectivity index (χ4v) is 4.29. The van der Waals surface area contributed by atoms with Crippen molar-refractivity contribution in [3.05, 3.63) is 89.1 Å². The Morgan fingerprint density at radius 2 is 1.84 bits per heavy atom. The number of alkyl halides is 3. The minimum atomic E-state index is -4.52. The second-order valence-corrected chi connectivity index (χ2v) is 8.50. The molecule has 0 spiro atoms.